The first-order chi connectivity index (χ1) is 9.65. The van der Waals surface area contributed by atoms with Crippen LogP contribution in [0, 0.1) is 5.92 Å². The molecule has 4 heteroatoms. The molecule has 1 aromatic rings. The summed E-state index contributed by atoms with van der Waals surface area (Å²) in [7, 11) is 0. The molecule has 0 spiro atoms. The van der Waals surface area contributed by atoms with E-state index in [0.29, 0.717) is 5.92 Å². The maximum Gasteiger partial charge on any atom is 0.310 e. The molecule has 1 aliphatic rings. The van der Waals surface area contributed by atoms with Gasteiger partial charge in [-0.3, -0.25) is 9.59 Å². The zero-order chi connectivity index (χ0) is 14.4. The summed E-state index contributed by atoms with van der Waals surface area (Å²) in [6, 6.07) is 9.39. The molecule has 1 aliphatic heterocycles. The van der Waals surface area contributed by atoms with Crippen molar-refractivity contribution in [2.24, 2.45) is 5.92 Å². The van der Waals surface area contributed by atoms with Gasteiger partial charge in [0.05, 0.1) is 6.42 Å². The lowest BCUT2D eigenvalue weighted by Gasteiger charge is -2.30. The second-order valence-corrected chi connectivity index (χ2v) is 5.39. The maximum atomic E-state index is 11.9. The van der Waals surface area contributed by atoms with Crippen LogP contribution < -0.4 is 0 Å². The van der Waals surface area contributed by atoms with Crippen LogP contribution in [0.1, 0.15) is 25.3 Å². The SMILES string of the molecule is CC1CCN(C(=O)COC(=O)Cc2ccccc2)CC1. The van der Waals surface area contributed by atoms with Crippen molar-refractivity contribution in [3.63, 3.8) is 0 Å². The molecule has 108 valence electrons. The number of ether oxygens (including phenoxy) is 1. The fourth-order valence-electron chi connectivity index (χ4n) is 2.31. The van der Waals surface area contributed by atoms with Crippen LogP contribution in [-0.4, -0.2) is 36.5 Å². The van der Waals surface area contributed by atoms with Crippen LogP contribution in [0.4, 0.5) is 0 Å². The Balaban J connectivity index is 1.72. The van der Waals surface area contributed by atoms with Crippen LogP contribution in [0.3, 0.4) is 0 Å². The van der Waals surface area contributed by atoms with E-state index in [1.54, 1.807) is 4.90 Å². The van der Waals surface area contributed by atoms with Crippen molar-refractivity contribution in [1.29, 1.82) is 0 Å². The Morgan fingerprint density at radius 2 is 1.85 bits per heavy atom. The number of carbonyl (C=O) groups excluding carboxylic acids is 2. The summed E-state index contributed by atoms with van der Waals surface area (Å²) in [6.45, 7) is 3.61. The van der Waals surface area contributed by atoms with Gasteiger partial charge in [0.15, 0.2) is 6.61 Å². The van der Waals surface area contributed by atoms with E-state index in [9.17, 15) is 9.59 Å². The molecule has 0 unspecified atom stereocenters. The monoisotopic (exact) mass is 275 g/mol. The summed E-state index contributed by atoms with van der Waals surface area (Å²) >= 11 is 0. The number of piperidine rings is 1. The van der Waals surface area contributed by atoms with E-state index in [1.807, 2.05) is 30.3 Å². The predicted octanol–water partition coefficient (Wildman–Crippen LogP) is 2.03. The molecule has 0 N–H and O–H groups in total. The number of hydrogen-bond donors (Lipinski definition) is 0. The molecule has 20 heavy (non-hydrogen) atoms. The van der Waals surface area contributed by atoms with Gasteiger partial charge in [-0.1, -0.05) is 37.3 Å². The Hall–Kier alpha value is -1.84. The Labute approximate surface area is 119 Å². The third kappa shape index (κ3) is 4.37. The van der Waals surface area contributed by atoms with Crippen LogP contribution >= 0.6 is 0 Å². The number of rotatable bonds is 4. The average Bonchev–Trinajstić information content (AvgIpc) is 2.46. The molecule has 0 saturated carbocycles. The molecule has 0 aliphatic carbocycles. The zero-order valence-electron chi connectivity index (χ0n) is 11.9. The van der Waals surface area contributed by atoms with E-state index in [2.05, 4.69) is 6.92 Å². The molecule has 1 amide bonds. The van der Waals surface area contributed by atoms with Gasteiger partial charge in [0, 0.05) is 13.1 Å². The summed E-state index contributed by atoms with van der Waals surface area (Å²) < 4.78 is 5.06. The Morgan fingerprint density at radius 3 is 2.50 bits per heavy atom. The second-order valence-electron chi connectivity index (χ2n) is 5.39. The lowest BCUT2D eigenvalue weighted by atomic mass is 9.99. The molecule has 1 aromatic carbocycles. The van der Waals surface area contributed by atoms with Gasteiger partial charge in [0.2, 0.25) is 0 Å². The second kappa shape index (κ2) is 7.08. The Bertz CT molecular complexity index is 450. The summed E-state index contributed by atoms with van der Waals surface area (Å²) in [5, 5.41) is 0. The van der Waals surface area contributed by atoms with Crippen molar-refractivity contribution in [2.45, 2.75) is 26.2 Å². The van der Waals surface area contributed by atoms with Crippen molar-refractivity contribution in [1.82, 2.24) is 4.90 Å². The average molecular weight is 275 g/mol. The van der Waals surface area contributed by atoms with Gasteiger partial charge in [0.1, 0.15) is 0 Å². The minimum Gasteiger partial charge on any atom is -0.455 e. The highest BCUT2D eigenvalue weighted by Crippen LogP contribution is 2.15. The van der Waals surface area contributed by atoms with Crippen LogP contribution in [0.15, 0.2) is 30.3 Å². The molecule has 1 fully saturated rings. The number of carbonyl (C=O) groups is 2. The molecule has 1 saturated heterocycles. The molecule has 1 heterocycles. The van der Waals surface area contributed by atoms with Gasteiger partial charge in [0.25, 0.3) is 5.91 Å². The topological polar surface area (TPSA) is 46.6 Å². The van der Waals surface area contributed by atoms with Crippen LogP contribution in [0.2, 0.25) is 0 Å². The molecule has 0 aromatic heterocycles. The van der Waals surface area contributed by atoms with E-state index >= 15 is 0 Å². The van der Waals surface area contributed by atoms with Gasteiger partial charge in [-0.05, 0) is 24.3 Å². The number of nitrogens with zero attached hydrogens (tertiary/aromatic N) is 1. The lowest BCUT2D eigenvalue weighted by Crippen LogP contribution is -2.40. The van der Waals surface area contributed by atoms with E-state index in [0.717, 1.165) is 31.5 Å². The molecule has 4 nitrogen and oxygen atoms in total. The first kappa shape index (κ1) is 14.6. The Morgan fingerprint density at radius 1 is 1.20 bits per heavy atom. The molecule has 0 atom stereocenters. The van der Waals surface area contributed by atoms with Crippen molar-refractivity contribution in [2.75, 3.05) is 19.7 Å². The molecular formula is C16H21NO3. The smallest absolute Gasteiger partial charge is 0.310 e. The van der Waals surface area contributed by atoms with Crippen LogP contribution in [0.5, 0.6) is 0 Å². The summed E-state index contributed by atoms with van der Waals surface area (Å²) in [5.41, 5.74) is 0.900. The zero-order valence-corrected chi connectivity index (χ0v) is 11.9. The molecular weight excluding hydrogens is 254 g/mol. The van der Waals surface area contributed by atoms with E-state index < -0.39 is 0 Å². The first-order valence-electron chi connectivity index (χ1n) is 7.12. The predicted molar refractivity (Wildman–Crippen MR) is 76.1 cm³/mol. The largest absolute Gasteiger partial charge is 0.455 e. The standard InChI is InChI=1S/C16H21NO3/c1-13-7-9-17(10-8-13)15(18)12-20-16(19)11-14-5-3-2-4-6-14/h2-6,13H,7-12H2,1H3. The van der Waals surface area contributed by atoms with Gasteiger partial charge in [-0.15, -0.1) is 0 Å². The van der Waals surface area contributed by atoms with Crippen molar-refractivity contribution in [3.05, 3.63) is 35.9 Å². The quantitative estimate of drug-likeness (QED) is 0.790. The summed E-state index contributed by atoms with van der Waals surface area (Å²) in [6.07, 6.45) is 2.28. The van der Waals surface area contributed by atoms with Gasteiger partial charge in [-0.2, -0.15) is 0 Å². The van der Waals surface area contributed by atoms with Crippen LogP contribution in [0.25, 0.3) is 0 Å². The van der Waals surface area contributed by atoms with E-state index in [4.69, 9.17) is 4.74 Å². The van der Waals surface area contributed by atoms with Gasteiger partial charge >= 0.3 is 5.97 Å². The highest BCUT2D eigenvalue weighted by Gasteiger charge is 2.21. The third-order valence-electron chi connectivity index (χ3n) is 3.68. The fourth-order valence-corrected chi connectivity index (χ4v) is 2.31. The molecule has 0 radical (unpaired) electrons. The summed E-state index contributed by atoms with van der Waals surface area (Å²) in [5.74, 6) is 0.243. The van der Waals surface area contributed by atoms with Gasteiger partial charge in [-0.25, -0.2) is 0 Å². The van der Waals surface area contributed by atoms with Crippen molar-refractivity contribution >= 4 is 11.9 Å². The summed E-state index contributed by atoms with van der Waals surface area (Å²) in [4.78, 5) is 25.4. The number of esters is 1. The van der Waals surface area contributed by atoms with E-state index in [1.165, 1.54) is 0 Å². The maximum absolute atomic E-state index is 11.9. The Kier molecular flexibility index (Phi) is 5.16. The first-order valence-corrected chi connectivity index (χ1v) is 7.12. The minimum absolute atomic E-state index is 0.0849. The number of amides is 1. The van der Waals surface area contributed by atoms with Gasteiger partial charge < -0.3 is 9.64 Å². The molecule has 2 rings (SSSR count). The normalized spacial score (nSPS) is 15.9. The highest BCUT2D eigenvalue weighted by molar-refractivity contribution is 5.81. The number of likely N-dealkylation sites (tertiary alicyclic amines) is 1. The van der Waals surface area contributed by atoms with E-state index in [-0.39, 0.29) is 24.9 Å². The third-order valence-corrected chi connectivity index (χ3v) is 3.68. The highest BCUT2D eigenvalue weighted by atomic mass is 16.5. The molecule has 0 bridgehead atoms. The van der Waals surface area contributed by atoms with Crippen molar-refractivity contribution < 1.29 is 14.3 Å². The fraction of sp³-hybridized carbons (Fsp3) is 0.500. The van der Waals surface area contributed by atoms with Crippen LogP contribution in [-0.2, 0) is 20.7 Å². The lowest BCUT2D eigenvalue weighted by molar-refractivity contribution is -0.152. The number of hydrogen-bond acceptors (Lipinski definition) is 3. The van der Waals surface area contributed by atoms with Crippen molar-refractivity contribution in [3.8, 4) is 0 Å². The number of benzene rings is 1. The minimum atomic E-state index is -0.352.